The summed E-state index contributed by atoms with van der Waals surface area (Å²) < 4.78 is 9.49. The largest absolute Gasteiger partial charge is 0.381 e. The van der Waals surface area contributed by atoms with Crippen molar-refractivity contribution in [3.63, 3.8) is 0 Å². The molecule has 0 radical (unpaired) electrons. The van der Waals surface area contributed by atoms with Crippen LogP contribution < -0.4 is 5.32 Å². The van der Waals surface area contributed by atoms with Crippen LogP contribution in [-0.2, 0) is 36.1 Å². The molecule has 5 rings (SSSR count). The van der Waals surface area contributed by atoms with Crippen LogP contribution in [0.4, 0.5) is 11.5 Å². The maximum absolute atomic E-state index is 12.0. The number of benzene rings is 1. The zero-order valence-electron chi connectivity index (χ0n) is 18.8. The Bertz CT molecular complexity index is 1090. The number of aryl methyl sites for hydroxylation is 2. The number of rotatable bonds is 6. The number of hydrogen-bond acceptors (Lipinski definition) is 5. The molecule has 0 aliphatic carbocycles. The van der Waals surface area contributed by atoms with Crippen LogP contribution in [0.15, 0.2) is 36.7 Å². The van der Waals surface area contributed by atoms with Crippen molar-refractivity contribution >= 4 is 17.4 Å². The number of ether oxygens (including phenoxy) is 1. The predicted octanol–water partition coefficient (Wildman–Crippen LogP) is 3.36. The third-order valence-electron chi connectivity index (χ3n) is 6.54. The van der Waals surface area contributed by atoms with E-state index in [0.717, 1.165) is 73.8 Å². The highest BCUT2D eigenvalue weighted by Gasteiger charge is 2.27. The Labute approximate surface area is 188 Å². The molecule has 2 aliphatic heterocycles. The first kappa shape index (κ1) is 20.8. The van der Waals surface area contributed by atoms with E-state index in [1.807, 2.05) is 24.3 Å². The highest BCUT2D eigenvalue weighted by atomic mass is 16.5. The summed E-state index contributed by atoms with van der Waals surface area (Å²) in [5.41, 5.74) is 5.57. The summed E-state index contributed by atoms with van der Waals surface area (Å²) in [6, 6.07) is 8.31. The standard InChI is InChI=1S/C24H30N6O2/c1-17(31)29-10-8-23-22(15-29)24(27-30(23)11-7-18-9-12-32-16-18)26-21-5-3-19(4-6-21)20-13-25-28(2)14-20/h3-6,13-14,18H,7-12,15-16H2,1-2H3,(H,26,27)/t18-/m0/s1. The number of nitrogens with zero attached hydrogens (tertiary/aromatic N) is 5. The monoisotopic (exact) mass is 434 g/mol. The summed E-state index contributed by atoms with van der Waals surface area (Å²) in [6.07, 6.45) is 6.92. The van der Waals surface area contributed by atoms with Crippen molar-refractivity contribution < 1.29 is 9.53 Å². The van der Waals surface area contributed by atoms with E-state index in [0.29, 0.717) is 12.5 Å². The van der Waals surface area contributed by atoms with Gasteiger partial charge in [0.05, 0.1) is 12.7 Å². The summed E-state index contributed by atoms with van der Waals surface area (Å²) in [6.45, 7) is 5.61. The molecular weight excluding hydrogens is 404 g/mol. The third-order valence-corrected chi connectivity index (χ3v) is 6.54. The van der Waals surface area contributed by atoms with Gasteiger partial charge in [-0.15, -0.1) is 0 Å². The van der Waals surface area contributed by atoms with E-state index in [4.69, 9.17) is 9.84 Å². The van der Waals surface area contributed by atoms with Crippen LogP contribution in [0.1, 0.15) is 31.0 Å². The van der Waals surface area contributed by atoms with E-state index in [1.165, 1.54) is 5.69 Å². The molecule has 3 aromatic rings. The lowest BCUT2D eigenvalue weighted by Crippen LogP contribution is -2.34. The van der Waals surface area contributed by atoms with Crippen LogP contribution in [0, 0.1) is 5.92 Å². The van der Waals surface area contributed by atoms with E-state index in [1.54, 1.807) is 11.6 Å². The number of fused-ring (bicyclic) bond motifs is 1. The molecule has 168 valence electrons. The average molecular weight is 435 g/mol. The van der Waals surface area contributed by atoms with Crippen molar-refractivity contribution in [3.05, 3.63) is 47.9 Å². The van der Waals surface area contributed by atoms with Gasteiger partial charge in [-0.05, 0) is 36.5 Å². The van der Waals surface area contributed by atoms with Crippen molar-refractivity contribution in [2.45, 2.75) is 39.3 Å². The van der Waals surface area contributed by atoms with Crippen LogP contribution in [-0.4, -0.2) is 50.1 Å². The summed E-state index contributed by atoms with van der Waals surface area (Å²) in [7, 11) is 1.92. The first-order chi connectivity index (χ1) is 15.6. The number of carbonyl (C=O) groups excluding carboxylic acids is 1. The molecule has 4 heterocycles. The summed E-state index contributed by atoms with van der Waals surface area (Å²) in [5.74, 6) is 1.57. The van der Waals surface area contributed by atoms with Crippen molar-refractivity contribution in [1.82, 2.24) is 24.5 Å². The minimum Gasteiger partial charge on any atom is -0.381 e. The lowest BCUT2D eigenvalue weighted by Gasteiger charge is -2.27. The molecule has 0 saturated carbocycles. The Morgan fingerprint density at radius 2 is 2.09 bits per heavy atom. The number of carbonyl (C=O) groups is 1. The Kier molecular flexibility index (Phi) is 5.70. The Balaban J connectivity index is 1.37. The maximum atomic E-state index is 12.0. The van der Waals surface area contributed by atoms with Crippen LogP contribution in [0.5, 0.6) is 0 Å². The van der Waals surface area contributed by atoms with Gasteiger partial charge in [0.25, 0.3) is 0 Å². The molecule has 1 atom stereocenters. The average Bonchev–Trinajstić information content (AvgIpc) is 3.54. The minimum atomic E-state index is 0.110. The van der Waals surface area contributed by atoms with Gasteiger partial charge in [-0.2, -0.15) is 10.2 Å². The fourth-order valence-corrected chi connectivity index (χ4v) is 4.61. The Morgan fingerprint density at radius 3 is 2.78 bits per heavy atom. The van der Waals surface area contributed by atoms with Crippen molar-refractivity contribution in [2.24, 2.45) is 13.0 Å². The smallest absolute Gasteiger partial charge is 0.219 e. The normalized spacial score (nSPS) is 18.1. The van der Waals surface area contributed by atoms with Crippen molar-refractivity contribution in [3.8, 4) is 11.1 Å². The van der Waals surface area contributed by atoms with E-state index >= 15 is 0 Å². The minimum absolute atomic E-state index is 0.110. The van der Waals surface area contributed by atoms with Gasteiger partial charge in [0.2, 0.25) is 5.91 Å². The molecule has 2 aliphatic rings. The second-order valence-corrected chi connectivity index (χ2v) is 8.81. The molecule has 0 spiro atoms. The molecule has 1 saturated heterocycles. The fourth-order valence-electron chi connectivity index (χ4n) is 4.61. The molecule has 1 aromatic carbocycles. The van der Waals surface area contributed by atoms with Gasteiger partial charge in [-0.25, -0.2) is 0 Å². The van der Waals surface area contributed by atoms with Gasteiger partial charge in [0.15, 0.2) is 5.82 Å². The molecule has 8 heteroatoms. The van der Waals surface area contributed by atoms with Gasteiger partial charge >= 0.3 is 0 Å². The highest BCUT2D eigenvalue weighted by Crippen LogP contribution is 2.30. The van der Waals surface area contributed by atoms with Gasteiger partial charge < -0.3 is 15.0 Å². The molecular formula is C24H30N6O2. The Morgan fingerprint density at radius 1 is 1.25 bits per heavy atom. The zero-order chi connectivity index (χ0) is 22.1. The molecule has 32 heavy (non-hydrogen) atoms. The zero-order valence-corrected chi connectivity index (χ0v) is 18.8. The Hall–Kier alpha value is -3.13. The summed E-state index contributed by atoms with van der Waals surface area (Å²) in [4.78, 5) is 13.9. The van der Waals surface area contributed by atoms with Crippen LogP contribution in [0.2, 0.25) is 0 Å². The second-order valence-electron chi connectivity index (χ2n) is 8.81. The first-order valence-electron chi connectivity index (χ1n) is 11.3. The maximum Gasteiger partial charge on any atom is 0.219 e. The number of anilines is 2. The van der Waals surface area contributed by atoms with Crippen LogP contribution in [0.25, 0.3) is 11.1 Å². The SMILES string of the molecule is CC(=O)N1CCc2c(c(Nc3ccc(-c4cnn(C)c4)cc3)nn2CC[C@H]2CCOC2)C1. The molecule has 1 N–H and O–H groups in total. The highest BCUT2D eigenvalue weighted by molar-refractivity contribution is 5.74. The van der Waals surface area contributed by atoms with E-state index in [2.05, 4.69) is 39.4 Å². The number of aromatic nitrogens is 4. The molecule has 2 aromatic heterocycles. The van der Waals surface area contributed by atoms with Crippen LogP contribution in [0.3, 0.4) is 0 Å². The van der Waals surface area contributed by atoms with Crippen molar-refractivity contribution in [1.29, 1.82) is 0 Å². The lowest BCUT2D eigenvalue weighted by atomic mass is 10.0. The van der Waals surface area contributed by atoms with Crippen LogP contribution >= 0.6 is 0 Å². The topological polar surface area (TPSA) is 77.2 Å². The third kappa shape index (κ3) is 4.27. The van der Waals surface area contributed by atoms with E-state index < -0.39 is 0 Å². The molecule has 0 unspecified atom stereocenters. The van der Waals surface area contributed by atoms with Gasteiger partial charge in [-0.3, -0.25) is 14.2 Å². The summed E-state index contributed by atoms with van der Waals surface area (Å²) in [5, 5.41) is 12.7. The number of hydrogen-bond donors (Lipinski definition) is 1. The van der Waals surface area contributed by atoms with Gasteiger partial charge in [-0.1, -0.05) is 12.1 Å². The van der Waals surface area contributed by atoms with Crippen molar-refractivity contribution in [2.75, 3.05) is 25.1 Å². The molecule has 8 nitrogen and oxygen atoms in total. The molecule has 1 amide bonds. The van der Waals surface area contributed by atoms with E-state index in [9.17, 15) is 4.79 Å². The molecule has 0 bridgehead atoms. The lowest BCUT2D eigenvalue weighted by molar-refractivity contribution is -0.129. The summed E-state index contributed by atoms with van der Waals surface area (Å²) >= 11 is 0. The van der Waals surface area contributed by atoms with Gasteiger partial charge in [0.1, 0.15) is 0 Å². The number of amides is 1. The predicted molar refractivity (Wildman–Crippen MR) is 122 cm³/mol. The first-order valence-corrected chi connectivity index (χ1v) is 11.3. The van der Waals surface area contributed by atoms with Gasteiger partial charge in [0, 0.05) is 75.4 Å². The second kappa shape index (κ2) is 8.78. The molecule has 1 fully saturated rings. The fraction of sp³-hybridized carbons (Fsp3) is 0.458. The quantitative estimate of drug-likeness (QED) is 0.644. The van der Waals surface area contributed by atoms with E-state index in [-0.39, 0.29) is 5.91 Å². The number of nitrogens with one attached hydrogen (secondary N) is 1.